The molecule has 0 saturated carbocycles. The van der Waals surface area contributed by atoms with Crippen molar-refractivity contribution in [2.24, 2.45) is 0 Å². The van der Waals surface area contributed by atoms with E-state index in [9.17, 15) is 0 Å². The second-order valence-electron chi connectivity index (χ2n) is 4.51. The van der Waals surface area contributed by atoms with Crippen LogP contribution in [-0.2, 0) is 13.0 Å². The Labute approximate surface area is 112 Å². The molecule has 4 nitrogen and oxygen atoms in total. The standard InChI is InChI=1S/C15H17NO3/c1-10(2)6-11-4-5-15(18-3)13(7-11)14-8-12(9-17)19-16-14/h4-5,7-8,17H,1,6,9H2,2-3H3. The summed E-state index contributed by atoms with van der Waals surface area (Å²) in [5.74, 6) is 1.16. The van der Waals surface area contributed by atoms with Crippen molar-refractivity contribution >= 4 is 0 Å². The van der Waals surface area contributed by atoms with Crippen molar-refractivity contribution in [2.75, 3.05) is 7.11 Å². The molecule has 19 heavy (non-hydrogen) atoms. The van der Waals surface area contributed by atoms with E-state index in [-0.39, 0.29) is 6.61 Å². The minimum absolute atomic E-state index is 0.166. The molecule has 2 aromatic rings. The molecule has 0 bridgehead atoms. The van der Waals surface area contributed by atoms with Gasteiger partial charge in [-0.1, -0.05) is 23.4 Å². The summed E-state index contributed by atoms with van der Waals surface area (Å²) in [6.07, 6.45) is 0.807. The number of allylic oxidation sites excluding steroid dienone is 1. The van der Waals surface area contributed by atoms with Crippen LogP contribution in [0, 0.1) is 0 Å². The van der Waals surface area contributed by atoms with E-state index in [1.807, 2.05) is 25.1 Å². The molecule has 0 atom stereocenters. The maximum atomic E-state index is 9.02. The highest BCUT2D eigenvalue weighted by molar-refractivity contribution is 5.68. The van der Waals surface area contributed by atoms with Crippen LogP contribution in [0.15, 0.2) is 40.9 Å². The van der Waals surface area contributed by atoms with Gasteiger partial charge in [0, 0.05) is 11.6 Å². The Morgan fingerprint density at radius 3 is 2.79 bits per heavy atom. The van der Waals surface area contributed by atoms with Gasteiger partial charge < -0.3 is 14.4 Å². The zero-order valence-electron chi connectivity index (χ0n) is 11.1. The summed E-state index contributed by atoms with van der Waals surface area (Å²) in [4.78, 5) is 0. The smallest absolute Gasteiger partial charge is 0.162 e. The molecule has 0 aliphatic carbocycles. The number of aromatic nitrogens is 1. The van der Waals surface area contributed by atoms with Crippen LogP contribution < -0.4 is 4.74 Å². The van der Waals surface area contributed by atoms with E-state index in [0.717, 1.165) is 28.9 Å². The van der Waals surface area contributed by atoms with Gasteiger partial charge in [0.05, 0.1) is 7.11 Å². The Kier molecular flexibility index (Phi) is 4.02. The number of methoxy groups -OCH3 is 1. The van der Waals surface area contributed by atoms with Gasteiger partial charge in [-0.15, -0.1) is 0 Å². The van der Waals surface area contributed by atoms with Crippen LogP contribution in [0.25, 0.3) is 11.3 Å². The summed E-state index contributed by atoms with van der Waals surface area (Å²) in [6, 6.07) is 7.62. The minimum Gasteiger partial charge on any atom is -0.496 e. The first-order valence-corrected chi connectivity index (χ1v) is 6.02. The Hall–Kier alpha value is -2.07. The third-order valence-corrected chi connectivity index (χ3v) is 2.76. The maximum absolute atomic E-state index is 9.02. The number of aliphatic hydroxyl groups is 1. The van der Waals surface area contributed by atoms with Crippen LogP contribution in [-0.4, -0.2) is 17.4 Å². The van der Waals surface area contributed by atoms with E-state index in [4.69, 9.17) is 14.4 Å². The summed E-state index contributed by atoms with van der Waals surface area (Å²) >= 11 is 0. The zero-order valence-corrected chi connectivity index (χ0v) is 11.1. The normalized spacial score (nSPS) is 10.5. The molecule has 1 aromatic carbocycles. The summed E-state index contributed by atoms with van der Waals surface area (Å²) in [7, 11) is 1.62. The molecular weight excluding hydrogens is 242 g/mol. The fourth-order valence-electron chi connectivity index (χ4n) is 1.93. The summed E-state index contributed by atoms with van der Waals surface area (Å²) in [5.41, 5.74) is 3.73. The van der Waals surface area contributed by atoms with Crippen molar-refractivity contribution in [3.63, 3.8) is 0 Å². The monoisotopic (exact) mass is 259 g/mol. The highest BCUT2D eigenvalue weighted by atomic mass is 16.5. The number of aliphatic hydroxyl groups excluding tert-OH is 1. The SMILES string of the molecule is C=C(C)Cc1ccc(OC)c(-c2cc(CO)on2)c1. The van der Waals surface area contributed by atoms with Crippen molar-refractivity contribution in [1.29, 1.82) is 0 Å². The molecule has 0 amide bonds. The fourth-order valence-corrected chi connectivity index (χ4v) is 1.93. The van der Waals surface area contributed by atoms with Crippen molar-refractivity contribution in [3.05, 3.63) is 47.7 Å². The van der Waals surface area contributed by atoms with E-state index in [2.05, 4.69) is 11.7 Å². The third-order valence-electron chi connectivity index (χ3n) is 2.76. The molecule has 2 rings (SSSR count). The zero-order chi connectivity index (χ0) is 13.8. The Morgan fingerprint density at radius 1 is 1.42 bits per heavy atom. The quantitative estimate of drug-likeness (QED) is 0.839. The molecule has 0 saturated heterocycles. The lowest BCUT2D eigenvalue weighted by Gasteiger charge is -2.08. The average molecular weight is 259 g/mol. The van der Waals surface area contributed by atoms with Gasteiger partial charge >= 0.3 is 0 Å². The van der Waals surface area contributed by atoms with Crippen LogP contribution in [0.5, 0.6) is 5.75 Å². The van der Waals surface area contributed by atoms with Crippen LogP contribution in [0.1, 0.15) is 18.2 Å². The first-order valence-electron chi connectivity index (χ1n) is 6.02. The summed E-state index contributed by atoms with van der Waals surface area (Å²) in [6.45, 7) is 5.74. The Bertz CT molecular complexity index is 587. The molecule has 1 heterocycles. The van der Waals surface area contributed by atoms with Gasteiger partial charge in [0.2, 0.25) is 0 Å². The molecule has 4 heteroatoms. The second kappa shape index (κ2) is 5.71. The summed E-state index contributed by atoms with van der Waals surface area (Å²) in [5, 5.41) is 13.0. The lowest BCUT2D eigenvalue weighted by Crippen LogP contribution is -1.92. The molecule has 0 aliphatic heterocycles. The number of hydrogen-bond donors (Lipinski definition) is 1. The molecular formula is C15H17NO3. The first kappa shape index (κ1) is 13.4. The topological polar surface area (TPSA) is 55.5 Å². The van der Waals surface area contributed by atoms with Gasteiger partial charge in [-0.2, -0.15) is 0 Å². The fraction of sp³-hybridized carbons (Fsp3) is 0.267. The molecule has 0 aliphatic rings. The van der Waals surface area contributed by atoms with Crippen molar-refractivity contribution in [3.8, 4) is 17.0 Å². The highest BCUT2D eigenvalue weighted by Crippen LogP contribution is 2.31. The van der Waals surface area contributed by atoms with Crippen LogP contribution in [0.2, 0.25) is 0 Å². The van der Waals surface area contributed by atoms with Gasteiger partial charge in [0.15, 0.2) is 5.76 Å². The number of benzene rings is 1. The number of rotatable bonds is 5. The van der Waals surface area contributed by atoms with Crippen molar-refractivity contribution in [2.45, 2.75) is 20.0 Å². The predicted molar refractivity (Wildman–Crippen MR) is 72.9 cm³/mol. The number of hydrogen-bond acceptors (Lipinski definition) is 4. The van der Waals surface area contributed by atoms with E-state index in [1.54, 1.807) is 13.2 Å². The van der Waals surface area contributed by atoms with Crippen LogP contribution >= 0.6 is 0 Å². The van der Waals surface area contributed by atoms with Gasteiger partial charge in [0.1, 0.15) is 18.1 Å². The van der Waals surface area contributed by atoms with Gasteiger partial charge in [-0.25, -0.2) is 0 Å². The maximum Gasteiger partial charge on any atom is 0.162 e. The lowest BCUT2D eigenvalue weighted by atomic mass is 10.0. The molecule has 1 N–H and O–H groups in total. The van der Waals surface area contributed by atoms with Gasteiger partial charge in [-0.3, -0.25) is 0 Å². The molecule has 100 valence electrons. The molecule has 0 radical (unpaired) electrons. The van der Waals surface area contributed by atoms with E-state index in [0.29, 0.717) is 11.5 Å². The number of nitrogens with zero attached hydrogens (tertiary/aromatic N) is 1. The molecule has 0 spiro atoms. The molecule has 1 aromatic heterocycles. The minimum atomic E-state index is -0.166. The van der Waals surface area contributed by atoms with E-state index >= 15 is 0 Å². The van der Waals surface area contributed by atoms with Crippen LogP contribution in [0.3, 0.4) is 0 Å². The lowest BCUT2D eigenvalue weighted by molar-refractivity contribution is 0.229. The predicted octanol–water partition coefficient (Wildman–Crippen LogP) is 2.96. The first-order chi connectivity index (χ1) is 9.13. The molecule has 0 fully saturated rings. The van der Waals surface area contributed by atoms with Crippen molar-refractivity contribution in [1.82, 2.24) is 5.16 Å². The van der Waals surface area contributed by atoms with E-state index < -0.39 is 0 Å². The second-order valence-corrected chi connectivity index (χ2v) is 4.51. The van der Waals surface area contributed by atoms with Gasteiger partial charge in [0.25, 0.3) is 0 Å². The van der Waals surface area contributed by atoms with E-state index in [1.165, 1.54) is 0 Å². The summed E-state index contributed by atoms with van der Waals surface area (Å²) < 4.78 is 10.4. The Morgan fingerprint density at radius 2 is 2.21 bits per heavy atom. The average Bonchev–Trinajstić information content (AvgIpc) is 2.86. The largest absolute Gasteiger partial charge is 0.496 e. The van der Waals surface area contributed by atoms with Crippen molar-refractivity contribution < 1.29 is 14.4 Å². The third kappa shape index (κ3) is 3.03. The highest BCUT2D eigenvalue weighted by Gasteiger charge is 2.12. The van der Waals surface area contributed by atoms with Gasteiger partial charge in [-0.05, 0) is 31.0 Å². The molecule has 0 unspecified atom stereocenters. The number of ether oxygens (including phenoxy) is 1. The van der Waals surface area contributed by atoms with Crippen LogP contribution in [0.4, 0.5) is 0 Å². The Balaban J connectivity index is 2.43.